The summed E-state index contributed by atoms with van der Waals surface area (Å²) in [4.78, 5) is 11.6. The normalized spacial score (nSPS) is 12.1. The van der Waals surface area contributed by atoms with Crippen molar-refractivity contribution in [1.29, 1.82) is 0 Å². The fraction of sp³-hybridized carbons (Fsp3) is 0.267. The Morgan fingerprint density at radius 2 is 2.11 bits per heavy atom. The first kappa shape index (κ1) is 13.4. The molecule has 4 nitrogen and oxygen atoms in total. The Kier molecular flexibility index (Phi) is 4.36. The van der Waals surface area contributed by atoms with Gasteiger partial charge in [0.2, 0.25) is 0 Å². The molecule has 1 aromatic heterocycles. The van der Waals surface area contributed by atoms with Crippen LogP contribution in [-0.2, 0) is 16.0 Å². The summed E-state index contributed by atoms with van der Waals surface area (Å²) in [7, 11) is 0. The lowest BCUT2D eigenvalue weighted by atomic mass is 9.99. The number of ether oxygens (including phenoxy) is 1. The van der Waals surface area contributed by atoms with E-state index in [1.807, 2.05) is 36.4 Å². The van der Waals surface area contributed by atoms with Gasteiger partial charge < -0.3 is 14.9 Å². The lowest BCUT2D eigenvalue weighted by Crippen LogP contribution is -2.34. The van der Waals surface area contributed by atoms with Crippen LogP contribution in [-0.4, -0.2) is 18.6 Å². The van der Waals surface area contributed by atoms with E-state index in [0.29, 0.717) is 13.0 Å². The highest BCUT2D eigenvalue weighted by Gasteiger charge is 2.17. The molecule has 2 N–H and O–H groups in total. The van der Waals surface area contributed by atoms with Gasteiger partial charge in [-0.25, -0.2) is 0 Å². The second-order valence-corrected chi connectivity index (χ2v) is 4.20. The first-order valence-corrected chi connectivity index (χ1v) is 6.26. The largest absolute Gasteiger partial charge is 0.465 e. The zero-order valence-electron chi connectivity index (χ0n) is 10.8. The number of nitrogens with two attached hydrogens (primary N) is 1. The summed E-state index contributed by atoms with van der Waals surface area (Å²) in [6.07, 6.45) is 2.05. The number of carbonyl (C=O) groups excluding carboxylic acids is 1. The van der Waals surface area contributed by atoms with E-state index in [2.05, 4.69) is 0 Å². The fourth-order valence-corrected chi connectivity index (χ4v) is 1.94. The van der Waals surface area contributed by atoms with Crippen molar-refractivity contribution in [2.45, 2.75) is 19.4 Å². The second-order valence-electron chi connectivity index (χ2n) is 4.20. The van der Waals surface area contributed by atoms with Crippen molar-refractivity contribution in [3.8, 4) is 11.3 Å². The van der Waals surface area contributed by atoms with Gasteiger partial charge in [0.05, 0.1) is 12.9 Å². The van der Waals surface area contributed by atoms with Gasteiger partial charge in [-0.2, -0.15) is 0 Å². The van der Waals surface area contributed by atoms with E-state index in [-0.39, 0.29) is 5.97 Å². The van der Waals surface area contributed by atoms with E-state index in [0.717, 1.165) is 16.9 Å². The van der Waals surface area contributed by atoms with Crippen LogP contribution in [0.3, 0.4) is 0 Å². The predicted octanol–water partition coefficient (Wildman–Crippen LogP) is 2.38. The SMILES string of the molecule is CCOC(=O)C(N)Cc1ccccc1-c1ccco1. The first-order valence-electron chi connectivity index (χ1n) is 6.26. The summed E-state index contributed by atoms with van der Waals surface area (Å²) in [6, 6.07) is 10.8. The molecule has 1 aromatic carbocycles. The van der Waals surface area contributed by atoms with E-state index in [9.17, 15) is 4.79 Å². The Labute approximate surface area is 112 Å². The summed E-state index contributed by atoms with van der Waals surface area (Å²) >= 11 is 0. The van der Waals surface area contributed by atoms with Gasteiger partial charge >= 0.3 is 5.97 Å². The van der Waals surface area contributed by atoms with Crippen molar-refractivity contribution in [3.05, 3.63) is 48.2 Å². The number of hydrogen-bond acceptors (Lipinski definition) is 4. The highest BCUT2D eigenvalue weighted by Crippen LogP contribution is 2.24. The molecule has 1 atom stereocenters. The maximum Gasteiger partial charge on any atom is 0.323 e. The van der Waals surface area contributed by atoms with E-state index >= 15 is 0 Å². The standard InChI is InChI=1S/C15H17NO3/c1-2-18-15(17)13(16)10-11-6-3-4-7-12(11)14-8-5-9-19-14/h3-9,13H,2,10,16H2,1H3. The van der Waals surface area contributed by atoms with Crippen LogP contribution in [0, 0.1) is 0 Å². The number of rotatable bonds is 5. The van der Waals surface area contributed by atoms with Crippen LogP contribution in [0.15, 0.2) is 47.1 Å². The molecule has 0 bridgehead atoms. The van der Waals surface area contributed by atoms with Crippen LogP contribution in [0.5, 0.6) is 0 Å². The molecule has 0 amide bonds. The van der Waals surface area contributed by atoms with Gasteiger partial charge in [0.25, 0.3) is 0 Å². The Hall–Kier alpha value is -2.07. The average Bonchev–Trinajstić information content (AvgIpc) is 2.93. The van der Waals surface area contributed by atoms with Crippen LogP contribution in [0.1, 0.15) is 12.5 Å². The zero-order valence-corrected chi connectivity index (χ0v) is 10.8. The molecule has 0 saturated carbocycles. The van der Waals surface area contributed by atoms with Gasteiger partial charge in [-0.15, -0.1) is 0 Å². The molecule has 0 aliphatic rings. The lowest BCUT2D eigenvalue weighted by molar-refractivity contribution is -0.144. The third-order valence-corrected chi connectivity index (χ3v) is 2.83. The van der Waals surface area contributed by atoms with Crippen LogP contribution in [0.2, 0.25) is 0 Å². The van der Waals surface area contributed by atoms with E-state index in [4.69, 9.17) is 14.9 Å². The van der Waals surface area contributed by atoms with Crippen molar-refractivity contribution in [2.24, 2.45) is 5.73 Å². The Morgan fingerprint density at radius 3 is 2.79 bits per heavy atom. The Balaban J connectivity index is 2.19. The van der Waals surface area contributed by atoms with E-state index < -0.39 is 6.04 Å². The molecule has 0 aliphatic heterocycles. The minimum Gasteiger partial charge on any atom is -0.465 e. The van der Waals surface area contributed by atoms with E-state index in [1.165, 1.54) is 0 Å². The number of benzene rings is 1. The Morgan fingerprint density at radius 1 is 1.32 bits per heavy atom. The molecule has 2 rings (SSSR count). The van der Waals surface area contributed by atoms with Gasteiger partial charge in [-0.3, -0.25) is 4.79 Å². The Bertz CT molecular complexity index is 534. The topological polar surface area (TPSA) is 65.5 Å². The van der Waals surface area contributed by atoms with Crippen LogP contribution >= 0.6 is 0 Å². The summed E-state index contributed by atoms with van der Waals surface area (Å²) in [5.74, 6) is 0.392. The van der Waals surface area contributed by atoms with Crippen molar-refractivity contribution < 1.29 is 13.9 Å². The molecule has 1 heterocycles. The quantitative estimate of drug-likeness (QED) is 0.837. The summed E-state index contributed by atoms with van der Waals surface area (Å²) in [5.41, 5.74) is 7.77. The number of furan rings is 1. The molecular formula is C15H17NO3. The minimum atomic E-state index is -0.656. The minimum absolute atomic E-state index is 0.340. The number of hydrogen-bond donors (Lipinski definition) is 1. The van der Waals surface area contributed by atoms with Crippen LogP contribution in [0.25, 0.3) is 11.3 Å². The smallest absolute Gasteiger partial charge is 0.323 e. The van der Waals surface area contributed by atoms with Crippen molar-refractivity contribution >= 4 is 5.97 Å². The van der Waals surface area contributed by atoms with Crippen LogP contribution in [0.4, 0.5) is 0 Å². The fourth-order valence-electron chi connectivity index (χ4n) is 1.94. The van der Waals surface area contributed by atoms with Crippen LogP contribution < -0.4 is 5.73 Å². The molecule has 0 fully saturated rings. The molecule has 19 heavy (non-hydrogen) atoms. The second kappa shape index (κ2) is 6.20. The lowest BCUT2D eigenvalue weighted by Gasteiger charge is -2.12. The van der Waals surface area contributed by atoms with Crippen molar-refractivity contribution in [3.63, 3.8) is 0 Å². The van der Waals surface area contributed by atoms with Gasteiger partial charge in [0.1, 0.15) is 11.8 Å². The summed E-state index contributed by atoms with van der Waals surface area (Å²) < 4.78 is 10.3. The molecule has 0 saturated heterocycles. The number of esters is 1. The summed E-state index contributed by atoms with van der Waals surface area (Å²) in [6.45, 7) is 2.10. The number of carbonyl (C=O) groups is 1. The van der Waals surface area contributed by atoms with Gasteiger partial charge in [0.15, 0.2) is 0 Å². The third kappa shape index (κ3) is 3.23. The maximum absolute atomic E-state index is 11.6. The van der Waals surface area contributed by atoms with Crippen molar-refractivity contribution in [1.82, 2.24) is 0 Å². The van der Waals surface area contributed by atoms with Gasteiger partial charge in [0, 0.05) is 5.56 Å². The highest BCUT2D eigenvalue weighted by molar-refractivity contribution is 5.76. The molecule has 0 radical (unpaired) electrons. The average molecular weight is 259 g/mol. The molecular weight excluding hydrogens is 242 g/mol. The molecule has 4 heteroatoms. The third-order valence-electron chi connectivity index (χ3n) is 2.83. The predicted molar refractivity (Wildman–Crippen MR) is 72.5 cm³/mol. The molecule has 2 aromatic rings. The molecule has 100 valence electrons. The van der Waals surface area contributed by atoms with E-state index in [1.54, 1.807) is 13.2 Å². The molecule has 1 unspecified atom stereocenters. The molecule has 0 spiro atoms. The zero-order chi connectivity index (χ0) is 13.7. The maximum atomic E-state index is 11.6. The van der Waals surface area contributed by atoms with Gasteiger partial charge in [-0.05, 0) is 31.0 Å². The van der Waals surface area contributed by atoms with Crippen molar-refractivity contribution in [2.75, 3.05) is 6.61 Å². The monoisotopic (exact) mass is 259 g/mol. The first-order chi connectivity index (χ1) is 9.22. The highest BCUT2D eigenvalue weighted by atomic mass is 16.5. The van der Waals surface area contributed by atoms with Gasteiger partial charge in [-0.1, -0.05) is 24.3 Å². The molecule has 0 aliphatic carbocycles. The summed E-state index contributed by atoms with van der Waals surface area (Å²) in [5, 5.41) is 0.